The summed E-state index contributed by atoms with van der Waals surface area (Å²) in [7, 11) is 1.55. The number of nitrogens with zero attached hydrogens (tertiary/aromatic N) is 2. The van der Waals surface area contributed by atoms with E-state index in [1.165, 1.54) is 0 Å². The molecule has 0 amide bonds. The molecule has 1 fully saturated rings. The topological polar surface area (TPSA) is 25.4 Å². The molecule has 0 aliphatic carbocycles. The first-order valence-corrected chi connectivity index (χ1v) is 4.74. The van der Waals surface area contributed by atoms with Gasteiger partial charge in [0.1, 0.15) is 0 Å². The van der Waals surface area contributed by atoms with E-state index in [1.54, 1.807) is 30.3 Å². The van der Waals surface area contributed by atoms with Gasteiger partial charge in [0.2, 0.25) is 6.43 Å². The van der Waals surface area contributed by atoms with E-state index >= 15 is 0 Å². The lowest BCUT2D eigenvalue weighted by atomic mass is 10.0. The first-order chi connectivity index (χ1) is 7.22. The molecule has 5 heteroatoms. The highest BCUT2D eigenvalue weighted by Gasteiger charge is 2.35. The van der Waals surface area contributed by atoms with Gasteiger partial charge in [-0.25, -0.2) is 13.8 Å². The van der Waals surface area contributed by atoms with E-state index in [0.29, 0.717) is 24.7 Å². The van der Waals surface area contributed by atoms with E-state index in [1.807, 2.05) is 0 Å². The van der Waals surface area contributed by atoms with E-state index in [2.05, 4.69) is 4.98 Å². The van der Waals surface area contributed by atoms with Gasteiger partial charge in [-0.1, -0.05) is 0 Å². The third-order valence-electron chi connectivity index (χ3n) is 2.54. The summed E-state index contributed by atoms with van der Waals surface area (Å²) in [5.41, 5.74) is 0. The predicted octanol–water partition coefficient (Wildman–Crippen LogP) is 1.79. The summed E-state index contributed by atoms with van der Waals surface area (Å²) in [6.07, 6.45) is -0.607. The first kappa shape index (κ1) is 10.1. The van der Waals surface area contributed by atoms with Crippen molar-refractivity contribution in [1.29, 1.82) is 0 Å². The van der Waals surface area contributed by atoms with E-state index in [4.69, 9.17) is 4.74 Å². The number of pyridine rings is 1. The average molecular weight is 214 g/mol. The third kappa shape index (κ3) is 1.86. The van der Waals surface area contributed by atoms with Crippen LogP contribution in [0.15, 0.2) is 18.3 Å². The van der Waals surface area contributed by atoms with E-state index in [-0.39, 0.29) is 0 Å². The van der Waals surface area contributed by atoms with Gasteiger partial charge in [0, 0.05) is 19.3 Å². The Kier molecular flexibility index (Phi) is 2.70. The van der Waals surface area contributed by atoms with Crippen LogP contribution < -0.4 is 9.64 Å². The zero-order valence-corrected chi connectivity index (χ0v) is 8.36. The average Bonchev–Trinajstić information content (AvgIpc) is 2.15. The van der Waals surface area contributed by atoms with E-state index in [0.717, 1.165) is 0 Å². The highest BCUT2D eigenvalue weighted by Crippen LogP contribution is 2.32. The normalized spacial score (nSPS) is 16.7. The van der Waals surface area contributed by atoms with Gasteiger partial charge in [0.15, 0.2) is 11.6 Å². The van der Waals surface area contributed by atoms with Crippen LogP contribution >= 0.6 is 0 Å². The zero-order valence-electron chi connectivity index (χ0n) is 8.36. The number of rotatable bonds is 3. The minimum absolute atomic E-state index is 0.352. The van der Waals surface area contributed by atoms with Crippen LogP contribution in [0, 0.1) is 5.92 Å². The molecular weight excluding hydrogens is 202 g/mol. The van der Waals surface area contributed by atoms with Crippen LogP contribution in [-0.4, -0.2) is 31.6 Å². The molecule has 1 aromatic heterocycles. The summed E-state index contributed by atoms with van der Waals surface area (Å²) in [4.78, 5) is 5.92. The van der Waals surface area contributed by atoms with Crippen LogP contribution in [-0.2, 0) is 0 Å². The lowest BCUT2D eigenvalue weighted by Crippen LogP contribution is -2.50. The zero-order chi connectivity index (χ0) is 10.8. The van der Waals surface area contributed by atoms with Crippen molar-refractivity contribution in [2.24, 2.45) is 5.92 Å². The monoisotopic (exact) mass is 214 g/mol. The van der Waals surface area contributed by atoms with Crippen molar-refractivity contribution in [2.45, 2.75) is 6.43 Å². The summed E-state index contributed by atoms with van der Waals surface area (Å²) in [6, 6.07) is 3.53. The number of hydrogen-bond donors (Lipinski definition) is 0. The molecule has 0 saturated carbocycles. The Hall–Kier alpha value is -1.39. The second-order valence-electron chi connectivity index (χ2n) is 3.53. The minimum Gasteiger partial charge on any atom is -0.493 e. The lowest BCUT2D eigenvalue weighted by Gasteiger charge is -2.39. The number of halogens is 2. The molecule has 0 aromatic carbocycles. The van der Waals surface area contributed by atoms with Crippen molar-refractivity contribution in [1.82, 2.24) is 4.98 Å². The molecule has 0 radical (unpaired) electrons. The Labute approximate surface area is 86.7 Å². The fourth-order valence-corrected chi connectivity index (χ4v) is 1.62. The maximum atomic E-state index is 12.3. The van der Waals surface area contributed by atoms with Crippen molar-refractivity contribution >= 4 is 5.82 Å². The number of ether oxygens (including phenoxy) is 1. The second kappa shape index (κ2) is 4.00. The molecule has 82 valence electrons. The largest absolute Gasteiger partial charge is 0.493 e. The number of methoxy groups -OCH3 is 1. The fourth-order valence-electron chi connectivity index (χ4n) is 1.62. The second-order valence-corrected chi connectivity index (χ2v) is 3.53. The van der Waals surface area contributed by atoms with Crippen molar-refractivity contribution in [3.63, 3.8) is 0 Å². The smallest absolute Gasteiger partial charge is 0.244 e. The van der Waals surface area contributed by atoms with Crippen LogP contribution in [0.1, 0.15) is 0 Å². The van der Waals surface area contributed by atoms with Gasteiger partial charge in [-0.15, -0.1) is 0 Å². The van der Waals surface area contributed by atoms with Gasteiger partial charge in [0.25, 0.3) is 0 Å². The highest BCUT2D eigenvalue weighted by atomic mass is 19.3. The molecular formula is C10H12F2N2O. The summed E-state index contributed by atoms with van der Waals surface area (Å²) in [5, 5.41) is 0. The molecule has 1 saturated heterocycles. The van der Waals surface area contributed by atoms with Gasteiger partial charge in [-0.3, -0.25) is 0 Å². The fraction of sp³-hybridized carbons (Fsp3) is 0.500. The lowest BCUT2D eigenvalue weighted by molar-refractivity contribution is 0.0609. The Morgan fingerprint density at radius 1 is 1.53 bits per heavy atom. The Morgan fingerprint density at radius 2 is 2.27 bits per heavy atom. The summed E-state index contributed by atoms with van der Waals surface area (Å²) in [6.45, 7) is 0.704. The molecule has 2 heterocycles. The molecule has 2 rings (SSSR count). The molecule has 0 N–H and O–H groups in total. The number of alkyl halides is 2. The molecule has 3 nitrogen and oxygen atoms in total. The Balaban J connectivity index is 2.06. The maximum Gasteiger partial charge on any atom is 0.244 e. The van der Waals surface area contributed by atoms with Crippen LogP contribution in [0.3, 0.4) is 0 Å². The van der Waals surface area contributed by atoms with Gasteiger partial charge in [-0.2, -0.15) is 0 Å². The van der Waals surface area contributed by atoms with Gasteiger partial charge < -0.3 is 9.64 Å². The molecule has 0 spiro atoms. The van der Waals surface area contributed by atoms with Gasteiger partial charge >= 0.3 is 0 Å². The molecule has 1 aromatic rings. The van der Waals surface area contributed by atoms with Crippen molar-refractivity contribution < 1.29 is 13.5 Å². The van der Waals surface area contributed by atoms with E-state index in [9.17, 15) is 8.78 Å². The quantitative estimate of drug-likeness (QED) is 0.767. The van der Waals surface area contributed by atoms with Crippen LogP contribution in [0.5, 0.6) is 5.75 Å². The van der Waals surface area contributed by atoms with Gasteiger partial charge in [0.05, 0.1) is 13.0 Å². The Bertz CT molecular complexity index is 340. The SMILES string of the molecule is COc1cccnc1N1CC(C(F)F)C1. The maximum absolute atomic E-state index is 12.3. The third-order valence-corrected chi connectivity index (χ3v) is 2.54. The van der Waals surface area contributed by atoms with E-state index < -0.39 is 12.3 Å². The molecule has 0 unspecified atom stereocenters. The molecule has 0 atom stereocenters. The minimum atomic E-state index is -2.24. The summed E-state index contributed by atoms with van der Waals surface area (Å²) < 4.78 is 29.7. The Morgan fingerprint density at radius 3 is 2.87 bits per heavy atom. The number of aromatic nitrogens is 1. The summed E-state index contributed by atoms with van der Waals surface area (Å²) in [5.74, 6) is 0.749. The highest BCUT2D eigenvalue weighted by molar-refractivity contribution is 5.53. The molecule has 1 aliphatic rings. The molecule has 0 bridgehead atoms. The van der Waals surface area contributed by atoms with Gasteiger partial charge in [-0.05, 0) is 12.1 Å². The first-order valence-electron chi connectivity index (χ1n) is 4.74. The van der Waals surface area contributed by atoms with Crippen molar-refractivity contribution in [3.05, 3.63) is 18.3 Å². The number of hydrogen-bond acceptors (Lipinski definition) is 3. The molecule has 15 heavy (non-hydrogen) atoms. The summed E-state index contributed by atoms with van der Waals surface area (Å²) >= 11 is 0. The predicted molar refractivity (Wildman–Crippen MR) is 52.5 cm³/mol. The standard InChI is InChI=1S/C10H12F2N2O/c1-15-8-3-2-4-13-10(8)14-5-7(6-14)9(11)12/h2-4,7,9H,5-6H2,1H3. The van der Waals surface area contributed by atoms with Crippen molar-refractivity contribution in [3.8, 4) is 5.75 Å². The van der Waals surface area contributed by atoms with Crippen LogP contribution in [0.25, 0.3) is 0 Å². The molecule has 1 aliphatic heterocycles. The van der Waals surface area contributed by atoms with Crippen LogP contribution in [0.4, 0.5) is 14.6 Å². The van der Waals surface area contributed by atoms with Crippen molar-refractivity contribution in [2.75, 3.05) is 25.1 Å². The van der Waals surface area contributed by atoms with Crippen LogP contribution in [0.2, 0.25) is 0 Å². The number of anilines is 1.